The molecule has 1 N–H and O–H groups in total. The van der Waals surface area contributed by atoms with Gasteiger partial charge in [-0.1, -0.05) is 51.1 Å². The highest BCUT2D eigenvalue weighted by molar-refractivity contribution is 5.76. The molecule has 0 saturated carbocycles. The minimum Gasteiger partial charge on any atom is -0.494 e. The maximum absolute atomic E-state index is 13.2. The van der Waals surface area contributed by atoms with Crippen molar-refractivity contribution in [2.24, 2.45) is 13.0 Å². The average molecular weight is 423 g/mol. The highest BCUT2D eigenvalue weighted by Crippen LogP contribution is 2.22. The zero-order chi connectivity index (χ0) is 22.4. The standard InChI is InChI=1S/C22H25N5O4/c1-5-15-18(28)26(12-14-9-7-6-8-10-14)21-23-17-16(27(21)19(15)29)20(30)24(4)22(31)25(17)11-13(2)3/h6-10,13,29H,5,11-12H2,1-4H3. The second-order valence-corrected chi connectivity index (χ2v) is 8.10. The Bertz CT molecular complexity index is 1470. The molecular weight excluding hydrogens is 398 g/mol. The molecule has 0 aliphatic rings. The fraction of sp³-hybridized carbons (Fsp3) is 0.364. The molecule has 0 radical (unpaired) electrons. The van der Waals surface area contributed by atoms with Gasteiger partial charge in [0.25, 0.3) is 11.1 Å². The fourth-order valence-corrected chi connectivity index (χ4v) is 3.91. The summed E-state index contributed by atoms with van der Waals surface area (Å²) in [7, 11) is 1.40. The normalized spacial score (nSPS) is 11.8. The van der Waals surface area contributed by atoms with Crippen LogP contribution in [0.3, 0.4) is 0 Å². The van der Waals surface area contributed by atoms with Crippen LogP contribution in [0.4, 0.5) is 0 Å². The lowest BCUT2D eigenvalue weighted by atomic mass is 10.2. The Hall–Kier alpha value is -3.62. The summed E-state index contributed by atoms with van der Waals surface area (Å²) in [6.45, 7) is 6.24. The van der Waals surface area contributed by atoms with Crippen molar-refractivity contribution < 1.29 is 5.11 Å². The molecule has 0 bridgehead atoms. The average Bonchev–Trinajstić information content (AvgIpc) is 3.14. The van der Waals surface area contributed by atoms with E-state index in [1.165, 1.54) is 20.6 Å². The third-order valence-electron chi connectivity index (χ3n) is 5.43. The summed E-state index contributed by atoms with van der Waals surface area (Å²) in [6.07, 6.45) is 0.279. The van der Waals surface area contributed by atoms with E-state index in [0.717, 1.165) is 10.1 Å². The zero-order valence-electron chi connectivity index (χ0n) is 18.0. The molecule has 9 heteroatoms. The molecule has 0 fully saturated rings. The third-order valence-corrected chi connectivity index (χ3v) is 5.43. The molecule has 0 atom stereocenters. The van der Waals surface area contributed by atoms with Crippen molar-refractivity contribution in [2.45, 2.75) is 40.3 Å². The van der Waals surface area contributed by atoms with Crippen molar-refractivity contribution in [3.63, 3.8) is 0 Å². The Labute approximate surface area is 177 Å². The number of aromatic nitrogens is 5. The van der Waals surface area contributed by atoms with Crippen molar-refractivity contribution in [3.05, 3.63) is 72.7 Å². The summed E-state index contributed by atoms with van der Waals surface area (Å²) < 4.78 is 5.18. The van der Waals surface area contributed by atoms with Gasteiger partial charge in [-0.25, -0.2) is 9.20 Å². The first-order chi connectivity index (χ1) is 14.8. The summed E-state index contributed by atoms with van der Waals surface area (Å²) in [4.78, 5) is 43.6. The van der Waals surface area contributed by atoms with Crippen LogP contribution in [0.5, 0.6) is 5.88 Å². The predicted octanol–water partition coefficient (Wildman–Crippen LogP) is 1.48. The molecule has 162 valence electrons. The summed E-state index contributed by atoms with van der Waals surface area (Å²) >= 11 is 0. The molecule has 3 aromatic heterocycles. The predicted molar refractivity (Wildman–Crippen MR) is 118 cm³/mol. The first kappa shape index (κ1) is 20.6. The van der Waals surface area contributed by atoms with Crippen molar-refractivity contribution >= 4 is 16.9 Å². The van der Waals surface area contributed by atoms with Gasteiger partial charge in [-0.05, 0) is 17.9 Å². The Morgan fingerprint density at radius 2 is 1.71 bits per heavy atom. The summed E-state index contributed by atoms with van der Waals surface area (Å²) in [5, 5.41) is 10.9. The van der Waals surface area contributed by atoms with Gasteiger partial charge < -0.3 is 5.11 Å². The van der Waals surface area contributed by atoms with Gasteiger partial charge in [-0.2, -0.15) is 4.98 Å². The van der Waals surface area contributed by atoms with Crippen LogP contribution in [-0.2, 0) is 26.6 Å². The monoisotopic (exact) mass is 423 g/mol. The summed E-state index contributed by atoms with van der Waals surface area (Å²) in [5.41, 5.74) is -0.138. The van der Waals surface area contributed by atoms with Gasteiger partial charge >= 0.3 is 5.69 Å². The molecule has 0 saturated heterocycles. The minimum atomic E-state index is -0.574. The Kier molecular flexibility index (Phi) is 5.04. The first-order valence-electron chi connectivity index (χ1n) is 10.3. The van der Waals surface area contributed by atoms with Crippen LogP contribution in [0, 0.1) is 5.92 Å². The molecule has 9 nitrogen and oxygen atoms in total. The van der Waals surface area contributed by atoms with E-state index in [4.69, 9.17) is 0 Å². The summed E-state index contributed by atoms with van der Waals surface area (Å²) in [5.74, 6) is -0.0746. The van der Waals surface area contributed by atoms with Gasteiger partial charge in [0.2, 0.25) is 11.7 Å². The lowest BCUT2D eigenvalue weighted by Gasteiger charge is -2.13. The van der Waals surface area contributed by atoms with Gasteiger partial charge in [-0.3, -0.25) is 23.3 Å². The topological polar surface area (TPSA) is 104 Å². The van der Waals surface area contributed by atoms with E-state index >= 15 is 0 Å². The highest BCUT2D eigenvalue weighted by Gasteiger charge is 2.24. The van der Waals surface area contributed by atoms with E-state index in [1.54, 1.807) is 6.92 Å². The van der Waals surface area contributed by atoms with Crippen LogP contribution in [0.1, 0.15) is 31.9 Å². The minimum absolute atomic E-state index is 0.0757. The number of aromatic hydroxyl groups is 1. The lowest BCUT2D eigenvalue weighted by Crippen LogP contribution is -2.39. The van der Waals surface area contributed by atoms with Crippen molar-refractivity contribution in [2.75, 3.05) is 0 Å². The van der Waals surface area contributed by atoms with Crippen LogP contribution >= 0.6 is 0 Å². The van der Waals surface area contributed by atoms with Crippen molar-refractivity contribution in [3.8, 4) is 5.88 Å². The number of hydrogen-bond acceptors (Lipinski definition) is 5. The van der Waals surface area contributed by atoms with Gasteiger partial charge in [0.05, 0.1) is 12.1 Å². The largest absolute Gasteiger partial charge is 0.494 e. The second-order valence-electron chi connectivity index (χ2n) is 8.10. The Balaban J connectivity index is 2.21. The molecule has 31 heavy (non-hydrogen) atoms. The molecule has 0 aliphatic carbocycles. The van der Waals surface area contributed by atoms with Gasteiger partial charge in [0.1, 0.15) is 0 Å². The number of nitrogens with zero attached hydrogens (tertiary/aromatic N) is 5. The number of imidazole rings is 1. The van der Waals surface area contributed by atoms with Crippen LogP contribution in [0.25, 0.3) is 16.9 Å². The number of benzene rings is 1. The first-order valence-corrected chi connectivity index (χ1v) is 10.3. The molecule has 3 heterocycles. The molecule has 0 unspecified atom stereocenters. The molecule has 0 spiro atoms. The summed E-state index contributed by atoms with van der Waals surface area (Å²) in [6, 6.07) is 9.40. The van der Waals surface area contributed by atoms with E-state index in [2.05, 4.69) is 4.98 Å². The van der Waals surface area contributed by atoms with E-state index in [0.29, 0.717) is 6.54 Å². The molecule has 0 amide bonds. The number of rotatable bonds is 5. The quantitative estimate of drug-likeness (QED) is 0.524. The molecular formula is C22H25N5O4. The fourth-order valence-electron chi connectivity index (χ4n) is 3.91. The molecule has 4 aromatic rings. The van der Waals surface area contributed by atoms with Gasteiger partial charge in [0.15, 0.2) is 11.2 Å². The maximum atomic E-state index is 13.2. The smallest absolute Gasteiger partial charge is 0.332 e. The lowest BCUT2D eigenvalue weighted by molar-refractivity contribution is 0.434. The third kappa shape index (κ3) is 3.17. The number of fused-ring (bicyclic) bond motifs is 3. The molecule has 0 aliphatic heterocycles. The van der Waals surface area contributed by atoms with Gasteiger partial charge in [0, 0.05) is 13.6 Å². The molecule has 4 rings (SSSR count). The van der Waals surface area contributed by atoms with Crippen molar-refractivity contribution in [1.82, 2.24) is 23.1 Å². The maximum Gasteiger partial charge on any atom is 0.332 e. The SMILES string of the molecule is CCc1c(O)n2c3c(=O)n(C)c(=O)n(CC(C)C)c3nc2n(Cc2ccccc2)c1=O. The van der Waals surface area contributed by atoms with Crippen LogP contribution in [0.15, 0.2) is 44.7 Å². The van der Waals surface area contributed by atoms with Crippen molar-refractivity contribution in [1.29, 1.82) is 0 Å². The van der Waals surface area contributed by atoms with Crippen LogP contribution in [0.2, 0.25) is 0 Å². The van der Waals surface area contributed by atoms with Crippen LogP contribution < -0.4 is 16.8 Å². The van der Waals surface area contributed by atoms with E-state index in [-0.39, 0.29) is 52.8 Å². The van der Waals surface area contributed by atoms with E-state index < -0.39 is 11.2 Å². The van der Waals surface area contributed by atoms with E-state index in [1.807, 2.05) is 44.2 Å². The van der Waals surface area contributed by atoms with Crippen LogP contribution in [-0.4, -0.2) is 28.2 Å². The Morgan fingerprint density at radius 3 is 2.32 bits per heavy atom. The van der Waals surface area contributed by atoms with E-state index in [9.17, 15) is 19.5 Å². The van der Waals surface area contributed by atoms with Gasteiger partial charge in [-0.15, -0.1) is 0 Å². The molecule has 1 aromatic carbocycles. The highest BCUT2D eigenvalue weighted by atomic mass is 16.3. The number of hydrogen-bond donors (Lipinski definition) is 1. The Morgan fingerprint density at radius 1 is 1.03 bits per heavy atom. The zero-order valence-corrected chi connectivity index (χ0v) is 18.0. The second kappa shape index (κ2) is 7.57.